The molecule has 0 amide bonds. The lowest BCUT2D eigenvalue weighted by Gasteiger charge is -2.17. The molecule has 0 fully saturated rings. The first-order chi connectivity index (χ1) is 7.86. The summed E-state index contributed by atoms with van der Waals surface area (Å²) in [5.74, 6) is -0.352. The normalized spacial score (nSPS) is 13.5. The van der Waals surface area contributed by atoms with Gasteiger partial charge >= 0.3 is 12.5 Å². The first-order valence-corrected chi connectivity index (χ1v) is 4.70. The zero-order valence-electron chi connectivity index (χ0n) is 8.75. The Morgan fingerprint density at radius 1 is 1.24 bits per heavy atom. The molecule has 2 nitrogen and oxygen atoms in total. The minimum atomic E-state index is -4.50. The summed E-state index contributed by atoms with van der Waals surface area (Å²) in [6.45, 7) is 3.47. The molecule has 1 atom stereocenters. The Morgan fingerprint density at radius 3 is 2.18 bits per heavy atom. The van der Waals surface area contributed by atoms with Gasteiger partial charge in [0.25, 0.3) is 0 Å². The van der Waals surface area contributed by atoms with E-state index in [4.69, 9.17) is 5.73 Å². The highest BCUT2D eigenvalue weighted by Crippen LogP contribution is 2.28. The highest BCUT2D eigenvalue weighted by atomic mass is 19.3. The third-order valence-corrected chi connectivity index (χ3v) is 2.03. The molecule has 0 saturated carbocycles. The van der Waals surface area contributed by atoms with Crippen LogP contribution in [0, 0.1) is 0 Å². The first-order valence-electron chi connectivity index (χ1n) is 4.70. The van der Waals surface area contributed by atoms with Crippen LogP contribution in [0.4, 0.5) is 17.6 Å². The molecular formula is C11H11F4NO. The van der Waals surface area contributed by atoms with E-state index in [9.17, 15) is 17.6 Å². The summed E-state index contributed by atoms with van der Waals surface area (Å²) in [5, 5.41) is 0. The summed E-state index contributed by atoms with van der Waals surface area (Å²) < 4.78 is 52.7. The lowest BCUT2D eigenvalue weighted by Crippen LogP contribution is -2.33. The van der Waals surface area contributed by atoms with E-state index in [1.165, 1.54) is 18.2 Å². The quantitative estimate of drug-likeness (QED) is 0.642. The fraction of sp³-hybridized carbons (Fsp3) is 0.273. The number of halogens is 4. The summed E-state index contributed by atoms with van der Waals surface area (Å²) in [5.41, 5.74) is 6.21. The van der Waals surface area contributed by atoms with Gasteiger partial charge < -0.3 is 10.5 Å². The van der Waals surface area contributed by atoms with Crippen LogP contribution in [0.1, 0.15) is 11.6 Å². The van der Waals surface area contributed by atoms with E-state index < -0.39 is 18.6 Å². The van der Waals surface area contributed by atoms with Gasteiger partial charge in [0, 0.05) is 6.04 Å². The highest BCUT2D eigenvalue weighted by molar-refractivity contribution is 5.30. The highest BCUT2D eigenvalue weighted by Gasteiger charge is 2.43. The van der Waals surface area contributed by atoms with Crippen LogP contribution in [0.2, 0.25) is 0 Å². The Kier molecular flexibility index (Phi) is 4.11. The molecule has 0 saturated heterocycles. The van der Waals surface area contributed by atoms with Crippen molar-refractivity contribution in [3.63, 3.8) is 0 Å². The zero-order chi connectivity index (χ0) is 13.1. The molecular weight excluding hydrogens is 238 g/mol. The molecule has 17 heavy (non-hydrogen) atoms. The maximum absolute atomic E-state index is 12.5. The van der Waals surface area contributed by atoms with Gasteiger partial charge in [0.15, 0.2) is 0 Å². The monoisotopic (exact) mass is 249 g/mol. The average molecular weight is 249 g/mol. The second-order valence-corrected chi connectivity index (χ2v) is 3.30. The summed E-state index contributed by atoms with van der Waals surface area (Å²) >= 11 is 0. The smallest absolute Gasteiger partial charge is 0.428 e. The van der Waals surface area contributed by atoms with E-state index in [0.717, 1.165) is 12.1 Å². The van der Waals surface area contributed by atoms with Crippen molar-refractivity contribution in [2.75, 3.05) is 0 Å². The number of rotatable bonds is 5. The Bertz CT molecular complexity index is 378. The molecule has 0 unspecified atom stereocenters. The number of alkyl halides is 4. The fourth-order valence-corrected chi connectivity index (χ4v) is 1.10. The SMILES string of the molecule is C=C[C@H](N)c1ccc(OC(F)(F)C(F)F)cc1. The summed E-state index contributed by atoms with van der Waals surface area (Å²) in [6.07, 6.45) is -6.91. The minimum absolute atomic E-state index is 0.352. The lowest BCUT2D eigenvalue weighted by molar-refractivity contribution is -0.253. The summed E-state index contributed by atoms with van der Waals surface area (Å²) in [6, 6.07) is 4.66. The number of benzene rings is 1. The number of nitrogens with two attached hydrogens (primary N) is 1. The molecule has 94 valence electrons. The maximum Gasteiger partial charge on any atom is 0.461 e. The van der Waals surface area contributed by atoms with E-state index in [-0.39, 0.29) is 5.75 Å². The van der Waals surface area contributed by atoms with Gasteiger partial charge in [0.05, 0.1) is 0 Å². The molecule has 2 N–H and O–H groups in total. The molecule has 1 aromatic carbocycles. The molecule has 0 heterocycles. The topological polar surface area (TPSA) is 35.2 Å². The van der Waals surface area contributed by atoms with Crippen molar-refractivity contribution < 1.29 is 22.3 Å². The molecule has 0 radical (unpaired) electrons. The van der Waals surface area contributed by atoms with Crippen LogP contribution < -0.4 is 10.5 Å². The molecule has 0 aliphatic carbocycles. The molecule has 1 rings (SSSR count). The van der Waals surface area contributed by atoms with Gasteiger partial charge in [-0.1, -0.05) is 18.2 Å². The van der Waals surface area contributed by atoms with Crippen LogP contribution in [0.5, 0.6) is 5.75 Å². The van der Waals surface area contributed by atoms with Gasteiger partial charge in [-0.3, -0.25) is 0 Å². The lowest BCUT2D eigenvalue weighted by atomic mass is 10.1. The Labute approximate surface area is 95.7 Å². The van der Waals surface area contributed by atoms with E-state index in [2.05, 4.69) is 11.3 Å². The largest absolute Gasteiger partial charge is 0.461 e. The van der Waals surface area contributed by atoms with Crippen molar-refractivity contribution in [1.82, 2.24) is 0 Å². The van der Waals surface area contributed by atoms with Crippen molar-refractivity contribution in [2.45, 2.75) is 18.6 Å². The summed E-state index contributed by atoms with van der Waals surface area (Å²) in [7, 11) is 0. The van der Waals surface area contributed by atoms with Gasteiger partial charge in [-0.25, -0.2) is 0 Å². The van der Waals surface area contributed by atoms with E-state index in [0.29, 0.717) is 5.56 Å². The Morgan fingerprint density at radius 2 is 1.76 bits per heavy atom. The van der Waals surface area contributed by atoms with Gasteiger partial charge in [-0.2, -0.15) is 17.6 Å². The third-order valence-electron chi connectivity index (χ3n) is 2.03. The van der Waals surface area contributed by atoms with Gasteiger partial charge in [-0.15, -0.1) is 6.58 Å². The predicted octanol–water partition coefficient (Wildman–Crippen LogP) is 3.11. The zero-order valence-corrected chi connectivity index (χ0v) is 8.75. The van der Waals surface area contributed by atoms with Crippen molar-refractivity contribution in [3.05, 3.63) is 42.5 Å². The Balaban J connectivity index is 2.78. The number of ether oxygens (including phenoxy) is 1. The van der Waals surface area contributed by atoms with Crippen LogP contribution in [0.15, 0.2) is 36.9 Å². The van der Waals surface area contributed by atoms with E-state index in [1.54, 1.807) is 0 Å². The summed E-state index contributed by atoms with van der Waals surface area (Å²) in [4.78, 5) is 0. The average Bonchev–Trinajstić information content (AvgIpc) is 2.28. The van der Waals surface area contributed by atoms with Gasteiger partial charge in [0.2, 0.25) is 0 Å². The van der Waals surface area contributed by atoms with Crippen LogP contribution in [0.25, 0.3) is 0 Å². The molecule has 0 aliphatic rings. The second-order valence-electron chi connectivity index (χ2n) is 3.30. The first kappa shape index (κ1) is 13.5. The maximum atomic E-state index is 12.5. The second kappa shape index (κ2) is 5.18. The standard InChI is InChI=1S/C11H11F4NO/c1-2-9(16)7-3-5-8(6-4-7)17-11(14,15)10(12)13/h2-6,9-10H,1,16H2/t9-/m0/s1. The molecule has 6 heteroatoms. The predicted molar refractivity (Wildman–Crippen MR) is 55.1 cm³/mol. The molecule has 0 aliphatic heterocycles. The van der Waals surface area contributed by atoms with Crippen LogP contribution >= 0.6 is 0 Å². The van der Waals surface area contributed by atoms with Crippen LogP contribution in [-0.4, -0.2) is 12.5 Å². The fourth-order valence-electron chi connectivity index (χ4n) is 1.10. The molecule has 0 bridgehead atoms. The third kappa shape index (κ3) is 3.45. The van der Waals surface area contributed by atoms with Crippen molar-refractivity contribution in [3.8, 4) is 5.75 Å². The Hall–Kier alpha value is -1.56. The minimum Gasteiger partial charge on any atom is -0.428 e. The van der Waals surface area contributed by atoms with Crippen LogP contribution in [0.3, 0.4) is 0 Å². The van der Waals surface area contributed by atoms with E-state index >= 15 is 0 Å². The van der Waals surface area contributed by atoms with Crippen molar-refractivity contribution >= 4 is 0 Å². The molecule has 0 aromatic heterocycles. The number of hydrogen-bond donors (Lipinski definition) is 1. The van der Waals surface area contributed by atoms with E-state index in [1.807, 2.05) is 0 Å². The number of hydrogen-bond acceptors (Lipinski definition) is 2. The molecule has 1 aromatic rings. The van der Waals surface area contributed by atoms with Gasteiger partial charge in [0.1, 0.15) is 5.75 Å². The van der Waals surface area contributed by atoms with Gasteiger partial charge in [-0.05, 0) is 17.7 Å². The van der Waals surface area contributed by atoms with Crippen LogP contribution in [-0.2, 0) is 0 Å². The van der Waals surface area contributed by atoms with Crippen molar-refractivity contribution in [2.24, 2.45) is 5.73 Å². The van der Waals surface area contributed by atoms with Crippen molar-refractivity contribution in [1.29, 1.82) is 0 Å². The molecule has 0 spiro atoms.